The first-order chi connectivity index (χ1) is 14.1. The summed E-state index contributed by atoms with van der Waals surface area (Å²) in [6.45, 7) is 1.61. The van der Waals surface area contributed by atoms with E-state index in [-0.39, 0.29) is 27.1 Å². The Hall–Kier alpha value is -2.86. The number of aromatic nitrogens is 1. The fourth-order valence-corrected chi connectivity index (χ4v) is 6.17. The lowest BCUT2D eigenvalue weighted by Crippen LogP contribution is -2.38. The molecule has 30 heavy (non-hydrogen) atoms. The highest BCUT2D eigenvalue weighted by atomic mass is 32.2. The molecule has 0 radical (unpaired) electrons. The number of alkyl halides is 3. The Morgan fingerprint density at radius 3 is 2.67 bits per heavy atom. The smallest absolute Gasteiger partial charge is 0.351 e. The minimum atomic E-state index is -4.69. The van der Waals surface area contributed by atoms with E-state index >= 15 is 0 Å². The number of amides is 1. The zero-order chi connectivity index (χ0) is 21.7. The fourth-order valence-electron chi connectivity index (χ4n) is 3.15. The Morgan fingerprint density at radius 2 is 1.97 bits per heavy atom. The molecule has 1 aliphatic heterocycles. The van der Waals surface area contributed by atoms with Gasteiger partial charge in [0.15, 0.2) is 0 Å². The lowest BCUT2D eigenvalue weighted by Gasteiger charge is -2.28. The standard InChI is InChI=1S/C18H14F3N3O4S2/c1-10-8-16(25)22-11-4-2-3-5-13(11)24(10)30(26,27)17-7-6-14(29-17)12-9-15(28-23-12)18(19,20)21/h2-7,9-10H,8H2,1H3,(H,22,25). The molecule has 0 saturated carbocycles. The van der Waals surface area contributed by atoms with Crippen molar-refractivity contribution in [2.45, 2.75) is 29.8 Å². The zero-order valence-electron chi connectivity index (χ0n) is 15.3. The van der Waals surface area contributed by atoms with Gasteiger partial charge in [-0.25, -0.2) is 8.42 Å². The first kappa shape index (κ1) is 20.4. The van der Waals surface area contributed by atoms with Crippen LogP contribution in [0, 0.1) is 0 Å². The molecule has 1 atom stereocenters. The first-order valence-electron chi connectivity index (χ1n) is 8.65. The molecular weight excluding hydrogens is 443 g/mol. The third-order valence-electron chi connectivity index (χ3n) is 4.43. The molecule has 0 aliphatic carbocycles. The Bertz CT molecular complexity index is 1220. The summed E-state index contributed by atoms with van der Waals surface area (Å²) in [4.78, 5) is 12.3. The second-order valence-electron chi connectivity index (χ2n) is 6.61. The normalized spacial score (nSPS) is 17.4. The summed E-state index contributed by atoms with van der Waals surface area (Å²) in [5.74, 6) is -1.59. The molecule has 0 spiro atoms. The summed E-state index contributed by atoms with van der Waals surface area (Å²) in [5.41, 5.74) is 0.556. The molecule has 3 heterocycles. The van der Waals surface area contributed by atoms with Gasteiger partial charge in [0.05, 0.1) is 22.3 Å². The van der Waals surface area contributed by atoms with Gasteiger partial charge in [0.2, 0.25) is 11.7 Å². The number of rotatable bonds is 3. The molecule has 1 aliphatic rings. The third kappa shape index (κ3) is 3.56. The molecule has 0 fully saturated rings. The van der Waals surface area contributed by atoms with Gasteiger partial charge in [-0.3, -0.25) is 9.10 Å². The highest BCUT2D eigenvalue weighted by molar-refractivity contribution is 7.94. The molecule has 1 unspecified atom stereocenters. The average Bonchev–Trinajstić information content (AvgIpc) is 3.29. The van der Waals surface area contributed by atoms with Gasteiger partial charge < -0.3 is 9.84 Å². The highest BCUT2D eigenvalue weighted by Crippen LogP contribution is 2.40. The second kappa shape index (κ2) is 7.13. The molecule has 0 saturated heterocycles. The molecule has 3 aromatic rings. The van der Waals surface area contributed by atoms with Gasteiger partial charge in [-0.05, 0) is 31.2 Å². The SMILES string of the molecule is CC1CC(=O)Nc2ccccc2N1S(=O)(=O)c1ccc(-c2cc(C(F)(F)F)on2)s1. The van der Waals surface area contributed by atoms with Gasteiger partial charge in [-0.15, -0.1) is 11.3 Å². The first-order valence-corrected chi connectivity index (χ1v) is 10.9. The number of anilines is 2. The molecule has 4 rings (SSSR count). The summed E-state index contributed by atoms with van der Waals surface area (Å²) in [7, 11) is -4.10. The van der Waals surface area contributed by atoms with Crippen molar-refractivity contribution >= 4 is 38.6 Å². The summed E-state index contributed by atoms with van der Waals surface area (Å²) in [5, 5.41) is 6.07. The average molecular weight is 457 g/mol. The van der Waals surface area contributed by atoms with Crippen molar-refractivity contribution < 1.29 is 30.9 Å². The predicted molar refractivity (Wildman–Crippen MR) is 104 cm³/mol. The molecule has 7 nitrogen and oxygen atoms in total. The summed E-state index contributed by atoms with van der Waals surface area (Å²) < 4.78 is 70.4. The van der Waals surface area contributed by atoms with Gasteiger partial charge in [0.1, 0.15) is 9.90 Å². The monoisotopic (exact) mass is 457 g/mol. The quantitative estimate of drug-likeness (QED) is 0.631. The van der Waals surface area contributed by atoms with Crippen LogP contribution in [0.5, 0.6) is 0 Å². The van der Waals surface area contributed by atoms with Crippen LogP contribution in [0.1, 0.15) is 19.1 Å². The summed E-state index contributed by atoms with van der Waals surface area (Å²) >= 11 is 0.770. The maximum absolute atomic E-state index is 13.4. The Balaban J connectivity index is 1.74. The number of fused-ring (bicyclic) bond motifs is 1. The third-order valence-corrected chi connectivity index (χ3v) is 7.94. The van der Waals surface area contributed by atoms with Crippen LogP contribution in [-0.4, -0.2) is 25.5 Å². The predicted octanol–water partition coefficient (Wildman–Crippen LogP) is 4.35. The maximum atomic E-state index is 13.4. The van der Waals surface area contributed by atoms with Crippen molar-refractivity contribution in [3.8, 4) is 10.6 Å². The summed E-state index contributed by atoms with van der Waals surface area (Å²) in [6.07, 6.45) is -4.74. The number of hydrogen-bond acceptors (Lipinski definition) is 6. The van der Waals surface area contributed by atoms with Crippen molar-refractivity contribution in [2.75, 3.05) is 9.62 Å². The second-order valence-corrected chi connectivity index (χ2v) is 9.74. The molecule has 0 bridgehead atoms. The number of halogens is 3. The topological polar surface area (TPSA) is 92.5 Å². The number of thiophene rings is 1. The van der Waals surface area contributed by atoms with Crippen LogP contribution in [0.4, 0.5) is 24.5 Å². The number of nitrogens with zero attached hydrogens (tertiary/aromatic N) is 2. The Morgan fingerprint density at radius 1 is 1.23 bits per heavy atom. The fraction of sp³-hybridized carbons (Fsp3) is 0.222. The Labute approximate surface area is 173 Å². The zero-order valence-corrected chi connectivity index (χ0v) is 16.9. The van der Waals surface area contributed by atoms with E-state index < -0.39 is 28.0 Å². The summed E-state index contributed by atoms with van der Waals surface area (Å²) in [6, 6.07) is 9.21. The minimum absolute atomic E-state index is 0.0512. The lowest BCUT2D eigenvalue weighted by atomic mass is 10.2. The van der Waals surface area contributed by atoms with Crippen LogP contribution in [0.25, 0.3) is 10.6 Å². The molecule has 1 N–H and O–H groups in total. The van der Waals surface area contributed by atoms with E-state index in [4.69, 9.17) is 0 Å². The molecule has 2 aromatic heterocycles. The van der Waals surface area contributed by atoms with Crippen LogP contribution in [0.15, 0.2) is 51.2 Å². The number of para-hydroxylation sites is 2. The van der Waals surface area contributed by atoms with E-state index in [1.807, 2.05) is 0 Å². The number of carbonyl (C=O) groups is 1. The van der Waals surface area contributed by atoms with Crippen molar-refractivity contribution in [2.24, 2.45) is 0 Å². The van der Waals surface area contributed by atoms with Gasteiger partial charge in [-0.2, -0.15) is 13.2 Å². The maximum Gasteiger partial charge on any atom is 0.452 e. The van der Waals surface area contributed by atoms with Crippen LogP contribution < -0.4 is 9.62 Å². The van der Waals surface area contributed by atoms with Crippen molar-refractivity contribution in [1.82, 2.24) is 5.16 Å². The van der Waals surface area contributed by atoms with Gasteiger partial charge in [-0.1, -0.05) is 17.3 Å². The van der Waals surface area contributed by atoms with Crippen LogP contribution in [-0.2, 0) is 21.0 Å². The highest BCUT2D eigenvalue weighted by Gasteiger charge is 2.38. The van der Waals surface area contributed by atoms with Crippen molar-refractivity contribution in [3.63, 3.8) is 0 Å². The van der Waals surface area contributed by atoms with E-state index in [1.54, 1.807) is 31.2 Å². The van der Waals surface area contributed by atoms with E-state index in [9.17, 15) is 26.4 Å². The van der Waals surface area contributed by atoms with Gasteiger partial charge >= 0.3 is 6.18 Å². The van der Waals surface area contributed by atoms with Crippen molar-refractivity contribution in [3.05, 3.63) is 48.2 Å². The van der Waals surface area contributed by atoms with E-state index in [2.05, 4.69) is 15.0 Å². The van der Waals surface area contributed by atoms with Crippen LogP contribution in [0.2, 0.25) is 0 Å². The molecule has 12 heteroatoms. The molecule has 1 amide bonds. The van der Waals surface area contributed by atoms with Crippen LogP contribution >= 0.6 is 11.3 Å². The van der Waals surface area contributed by atoms with E-state index in [0.717, 1.165) is 15.6 Å². The van der Waals surface area contributed by atoms with Gasteiger partial charge in [0, 0.05) is 12.5 Å². The number of carbonyl (C=O) groups excluding carboxylic acids is 1. The van der Waals surface area contributed by atoms with E-state index in [0.29, 0.717) is 17.4 Å². The van der Waals surface area contributed by atoms with Gasteiger partial charge in [0.25, 0.3) is 10.0 Å². The number of sulfonamides is 1. The van der Waals surface area contributed by atoms with E-state index in [1.165, 1.54) is 12.1 Å². The molecular formula is C18H14F3N3O4S2. The van der Waals surface area contributed by atoms with Crippen LogP contribution in [0.3, 0.4) is 0 Å². The lowest BCUT2D eigenvalue weighted by molar-refractivity contribution is -0.155. The number of nitrogens with one attached hydrogen (secondary N) is 1. The largest absolute Gasteiger partial charge is 0.452 e. The number of hydrogen-bond donors (Lipinski definition) is 1. The minimum Gasteiger partial charge on any atom is -0.351 e. The van der Waals surface area contributed by atoms with Crippen molar-refractivity contribution in [1.29, 1.82) is 0 Å². The Kier molecular flexibility index (Phi) is 4.85. The molecule has 158 valence electrons. The number of benzene rings is 1. The molecule has 1 aromatic carbocycles.